The molecule has 0 unspecified atom stereocenters. The second-order valence-electron chi connectivity index (χ2n) is 8.53. The fraction of sp³-hybridized carbons (Fsp3) is 0.636. The standard InChI is InChI=1S/C22H29N5O2/c1-2-5-20(28)25-12-19-17-10-16(18-7-3-8-21(29)27(18)19)13-26(14-17)22-15(11-23)6-4-9-24-22/h4,6,9,16-19H,2-3,5,7-8,10,12-14H2,1H3,(H,25,28)/t16-,17+,18+,19+/m1/s1. The number of nitrogens with zero attached hydrogens (tertiary/aromatic N) is 4. The van der Waals surface area contributed by atoms with Gasteiger partial charge in [0.15, 0.2) is 0 Å². The van der Waals surface area contributed by atoms with Crippen molar-refractivity contribution in [1.29, 1.82) is 5.26 Å². The van der Waals surface area contributed by atoms with Crippen molar-refractivity contribution in [1.82, 2.24) is 15.2 Å². The molecule has 154 valence electrons. The van der Waals surface area contributed by atoms with E-state index >= 15 is 0 Å². The minimum atomic E-state index is 0.0157. The number of amides is 2. The van der Waals surface area contributed by atoms with Gasteiger partial charge in [-0.1, -0.05) is 6.92 Å². The molecular weight excluding hydrogens is 366 g/mol. The van der Waals surface area contributed by atoms with Crippen LogP contribution in [-0.4, -0.2) is 53.4 Å². The zero-order valence-corrected chi connectivity index (χ0v) is 17.0. The van der Waals surface area contributed by atoms with E-state index in [2.05, 4.69) is 26.2 Å². The first kappa shape index (κ1) is 19.7. The number of hydrogen-bond donors (Lipinski definition) is 1. The third-order valence-corrected chi connectivity index (χ3v) is 6.69. The van der Waals surface area contributed by atoms with Crippen molar-refractivity contribution in [3.63, 3.8) is 0 Å². The number of hydrogen-bond acceptors (Lipinski definition) is 5. The molecule has 0 saturated carbocycles. The highest BCUT2D eigenvalue weighted by molar-refractivity contribution is 5.79. The van der Waals surface area contributed by atoms with Crippen LogP contribution in [0.25, 0.3) is 0 Å². The summed E-state index contributed by atoms with van der Waals surface area (Å²) in [5, 5.41) is 12.6. The molecule has 2 bridgehead atoms. The predicted molar refractivity (Wildman–Crippen MR) is 109 cm³/mol. The van der Waals surface area contributed by atoms with Crippen LogP contribution in [0, 0.1) is 23.2 Å². The molecule has 4 rings (SSSR count). The van der Waals surface area contributed by atoms with E-state index in [1.165, 1.54) is 0 Å². The summed E-state index contributed by atoms with van der Waals surface area (Å²) in [5.41, 5.74) is 0.594. The maximum Gasteiger partial charge on any atom is 0.223 e. The molecule has 3 fully saturated rings. The second kappa shape index (κ2) is 8.40. The Kier molecular flexibility index (Phi) is 5.70. The Morgan fingerprint density at radius 2 is 2.21 bits per heavy atom. The van der Waals surface area contributed by atoms with Gasteiger partial charge in [0.1, 0.15) is 11.9 Å². The minimum absolute atomic E-state index is 0.0157. The Bertz CT molecular complexity index is 820. The molecule has 3 aliphatic heterocycles. The largest absolute Gasteiger partial charge is 0.355 e. The van der Waals surface area contributed by atoms with E-state index in [1.54, 1.807) is 12.3 Å². The van der Waals surface area contributed by atoms with Gasteiger partial charge in [-0.2, -0.15) is 5.26 Å². The maximum absolute atomic E-state index is 12.8. The summed E-state index contributed by atoms with van der Waals surface area (Å²) in [7, 11) is 0. The normalized spacial score (nSPS) is 28.5. The highest BCUT2D eigenvalue weighted by atomic mass is 16.2. The minimum Gasteiger partial charge on any atom is -0.355 e. The molecule has 1 aromatic rings. The van der Waals surface area contributed by atoms with Gasteiger partial charge < -0.3 is 15.1 Å². The number of nitrogens with one attached hydrogen (secondary N) is 1. The Morgan fingerprint density at radius 3 is 3.00 bits per heavy atom. The average molecular weight is 396 g/mol. The molecule has 1 N–H and O–H groups in total. The van der Waals surface area contributed by atoms with Gasteiger partial charge in [0.25, 0.3) is 0 Å². The van der Waals surface area contributed by atoms with Crippen molar-refractivity contribution < 1.29 is 9.59 Å². The summed E-state index contributed by atoms with van der Waals surface area (Å²) in [5.74, 6) is 1.68. The van der Waals surface area contributed by atoms with Gasteiger partial charge in [0.2, 0.25) is 11.8 Å². The third-order valence-electron chi connectivity index (χ3n) is 6.69. The van der Waals surface area contributed by atoms with Crippen LogP contribution < -0.4 is 10.2 Å². The fourth-order valence-corrected chi connectivity index (χ4v) is 5.48. The Balaban J connectivity index is 1.60. The van der Waals surface area contributed by atoms with Gasteiger partial charge in [0.05, 0.1) is 11.6 Å². The highest BCUT2D eigenvalue weighted by Gasteiger charge is 2.49. The van der Waals surface area contributed by atoms with Gasteiger partial charge in [0, 0.05) is 44.7 Å². The van der Waals surface area contributed by atoms with Gasteiger partial charge >= 0.3 is 0 Å². The van der Waals surface area contributed by atoms with Crippen LogP contribution in [0.3, 0.4) is 0 Å². The number of carbonyl (C=O) groups is 2. The summed E-state index contributed by atoms with van der Waals surface area (Å²) in [4.78, 5) is 33.8. The molecule has 0 aliphatic carbocycles. The van der Waals surface area contributed by atoms with Crippen LogP contribution in [0.1, 0.15) is 51.0 Å². The van der Waals surface area contributed by atoms with Gasteiger partial charge in [-0.25, -0.2) is 4.98 Å². The monoisotopic (exact) mass is 395 g/mol. The summed E-state index contributed by atoms with van der Waals surface area (Å²) < 4.78 is 0. The lowest BCUT2D eigenvalue weighted by atomic mass is 9.72. The van der Waals surface area contributed by atoms with E-state index in [0.717, 1.165) is 44.6 Å². The molecule has 1 aromatic heterocycles. The zero-order valence-electron chi connectivity index (χ0n) is 17.0. The van der Waals surface area contributed by atoms with Crippen LogP contribution >= 0.6 is 0 Å². The van der Waals surface area contributed by atoms with Crippen LogP contribution in [0.15, 0.2) is 18.3 Å². The number of carbonyl (C=O) groups excluding carboxylic acids is 2. The average Bonchev–Trinajstić information content (AvgIpc) is 2.74. The van der Waals surface area contributed by atoms with Gasteiger partial charge in [-0.15, -0.1) is 0 Å². The molecule has 0 spiro atoms. The third kappa shape index (κ3) is 3.81. The Morgan fingerprint density at radius 1 is 1.38 bits per heavy atom. The van der Waals surface area contributed by atoms with Crippen LogP contribution in [-0.2, 0) is 9.59 Å². The van der Waals surface area contributed by atoms with E-state index in [9.17, 15) is 14.9 Å². The summed E-state index contributed by atoms with van der Waals surface area (Å²) >= 11 is 0. The van der Waals surface area contributed by atoms with Crippen molar-refractivity contribution in [2.45, 2.75) is 57.5 Å². The molecule has 0 radical (unpaired) electrons. The molecule has 7 heteroatoms. The Hall–Kier alpha value is -2.62. The second-order valence-corrected chi connectivity index (χ2v) is 8.53. The van der Waals surface area contributed by atoms with E-state index in [-0.39, 0.29) is 29.8 Å². The number of pyridine rings is 1. The molecule has 2 amide bonds. The lowest BCUT2D eigenvalue weighted by molar-refractivity contribution is -0.149. The molecule has 0 aromatic carbocycles. The van der Waals surface area contributed by atoms with E-state index in [0.29, 0.717) is 30.9 Å². The van der Waals surface area contributed by atoms with Crippen molar-refractivity contribution >= 4 is 17.6 Å². The fourth-order valence-electron chi connectivity index (χ4n) is 5.48. The van der Waals surface area contributed by atoms with Crippen molar-refractivity contribution in [3.8, 4) is 6.07 Å². The molecule has 7 nitrogen and oxygen atoms in total. The highest BCUT2D eigenvalue weighted by Crippen LogP contribution is 2.42. The lowest BCUT2D eigenvalue weighted by Crippen LogP contribution is -2.67. The SMILES string of the molecule is CCCC(=O)NC[C@H]1[C@H]2C[C@H](CN(c3ncccc3C#N)C2)[C@@H]2CCCC(=O)N21. The Labute approximate surface area is 172 Å². The van der Waals surface area contributed by atoms with Crippen LogP contribution in [0.4, 0.5) is 5.82 Å². The topological polar surface area (TPSA) is 89.3 Å². The van der Waals surface area contributed by atoms with Crippen molar-refractivity contribution in [2.75, 3.05) is 24.5 Å². The van der Waals surface area contributed by atoms with E-state index in [4.69, 9.17) is 0 Å². The molecular formula is C22H29N5O2. The van der Waals surface area contributed by atoms with E-state index in [1.807, 2.05) is 13.0 Å². The number of rotatable bonds is 5. The number of nitriles is 1. The lowest BCUT2D eigenvalue weighted by Gasteiger charge is -2.56. The number of anilines is 1. The first-order chi connectivity index (χ1) is 14.1. The van der Waals surface area contributed by atoms with Crippen LogP contribution in [0.2, 0.25) is 0 Å². The molecule has 4 heterocycles. The molecule has 3 aliphatic rings. The van der Waals surface area contributed by atoms with Crippen LogP contribution in [0.5, 0.6) is 0 Å². The summed E-state index contributed by atoms with van der Waals surface area (Å²) in [6, 6.07) is 6.10. The van der Waals surface area contributed by atoms with Crippen molar-refractivity contribution in [2.24, 2.45) is 11.8 Å². The number of fused-ring (bicyclic) bond motifs is 4. The summed E-state index contributed by atoms with van der Waals surface area (Å²) in [6.07, 6.45) is 6.69. The van der Waals surface area contributed by atoms with Gasteiger partial charge in [-0.05, 0) is 49.7 Å². The first-order valence-electron chi connectivity index (χ1n) is 10.8. The van der Waals surface area contributed by atoms with Gasteiger partial charge in [-0.3, -0.25) is 9.59 Å². The molecule has 4 atom stereocenters. The quantitative estimate of drug-likeness (QED) is 0.824. The predicted octanol–water partition coefficient (Wildman–Crippen LogP) is 2.08. The number of piperidine rings is 3. The first-order valence-corrected chi connectivity index (χ1v) is 10.8. The molecule has 29 heavy (non-hydrogen) atoms. The zero-order chi connectivity index (χ0) is 20.4. The smallest absolute Gasteiger partial charge is 0.223 e. The number of aromatic nitrogens is 1. The maximum atomic E-state index is 12.8. The molecule has 3 saturated heterocycles. The van der Waals surface area contributed by atoms with Crippen molar-refractivity contribution in [3.05, 3.63) is 23.9 Å². The van der Waals surface area contributed by atoms with E-state index < -0.39 is 0 Å². The summed E-state index contributed by atoms with van der Waals surface area (Å²) in [6.45, 7) is 4.09.